The van der Waals surface area contributed by atoms with Gasteiger partial charge in [0.25, 0.3) is 0 Å². The largest absolute Gasteiger partial charge is 0.326 e. The number of amides is 1. The normalized spacial score (nSPS) is 10.7. The molecule has 2 aromatic rings. The van der Waals surface area contributed by atoms with E-state index in [-0.39, 0.29) is 5.91 Å². The molecule has 0 radical (unpaired) electrons. The van der Waals surface area contributed by atoms with Crippen molar-refractivity contribution in [1.82, 2.24) is 4.98 Å². The molecule has 1 aromatic carbocycles. The van der Waals surface area contributed by atoms with E-state index >= 15 is 0 Å². The summed E-state index contributed by atoms with van der Waals surface area (Å²) in [7, 11) is 0. The molecule has 4 nitrogen and oxygen atoms in total. The highest BCUT2D eigenvalue weighted by molar-refractivity contribution is 5.90. The standard InChI is InChI=1S/C18H15N3O/c1-14(22)21-18-6-5-16(9-10-19-2)17(13-18)4-3-15-7-11-20-12-8-15/h3-13H,1H3,(H,21,22)/b4-3+,10-9+. The topological polar surface area (TPSA) is 46.4 Å². The number of pyridine rings is 1. The van der Waals surface area contributed by atoms with Crippen LogP contribution in [0.4, 0.5) is 5.69 Å². The molecule has 0 bridgehead atoms. The summed E-state index contributed by atoms with van der Waals surface area (Å²) >= 11 is 0. The van der Waals surface area contributed by atoms with Crippen molar-refractivity contribution in [1.29, 1.82) is 0 Å². The first-order chi connectivity index (χ1) is 10.7. The third-order valence-corrected chi connectivity index (χ3v) is 2.90. The van der Waals surface area contributed by atoms with Crippen molar-refractivity contribution in [2.24, 2.45) is 0 Å². The molecule has 0 saturated carbocycles. The molecule has 1 amide bonds. The third kappa shape index (κ3) is 4.43. The fourth-order valence-corrected chi connectivity index (χ4v) is 1.93. The molecule has 1 aromatic heterocycles. The summed E-state index contributed by atoms with van der Waals surface area (Å²) in [6.07, 6.45) is 10.5. The molecule has 4 heteroatoms. The van der Waals surface area contributed by atoms with Gasteiger partial charge in [-0.1, -0.05) is 24.3 Å². The zero-order valence-electron chi connectivity index (χ0n) is 12.2. The minimum atomic E-state index is -0.117. The Morgan fingerprint density at radius 2 is 1.91 bits per heavy atom. The monoisotopic (exact) mass is 289 g/mol. The smallest absolute Gasteiger partial charge is 0.221 e. The number of nitrogens with zero attached hydrogens (tertiary/aromatic N) is 2. The minimum absolute atomic E-state index is 0.117. The lowest BCUT2D eigenvalue weighted by Gasteiger charge is -2.07. The van der Waals surface area contributed by atoms with E-state index in [1.165, 1.54) is 13.1 Å². The first-order valence-corrected chi connectivity index (χ1v) is 6.72. The van der Waals surface area contributed by atoms with E-state index in [0.29, 0.717) is 0 Å². The summed E-state index contributed by atoms with van der Waals surface area (Å²) in [5.74, 6) is -0.117. The Bertz CT molecular complexity index is 756. The van der Waals surface area contributed by atoms with E-state index in [1.54, 1.807) is 18.5 Å². The lowest BCUT2D eigenvalue weighted by atomic mass is 10.0. The molecule has 1 N–H and O–H groups in total. The van der Waals surface area contributed by atoms with Gasteiger partial charge in [0.2, 0.25) is 5.91 Å². The first kappa shape index (κ1) is 15.2. The summed E-state index contributed by atoms with van der Waals surface area (Å²) in [6, 6.07) is 9.38. The average Bonchev–Trinajstić information content (AvgIpc) is 2.52. The Hall–Kier alpha value is -3.19. The predicted octanol–water partition coefficient (Wildman–Crippen LogP) is 4.10. The molecular formula is C18H15N3O. The molecule has 0 saturated heterocycles. The maximum atomic E-state index is 11.2. The third-order valence-electron chi connectivity index (χ3n) is 2.90. The maximum absolute atomic E-state index is 11.2. The molecule has 0 atom stereocenters. The van der Waals surface area contributed by atoms with E-state index in [2.05, 4.69) is 15.1 Å². The first-order valence-electron chi connectivity index (χ1n) is 6.72. The molecule has 108 valence electrons. The van der Waals surface area contributed by atoms with Crippen LogP contribution in [0.25, 0.3) is 23.1 Å². The summed E-state index contributed by atoms with van der Waals surface area (Å²) in [4.78, 5) is 18.4. The van der Waals surface area contributed by atoms with E-state index < -0.39 is 0 Å². The van der Waals surface area contributed by atoms with Gasteiger partial charge < -0.3 is 5.32 Å². The van der Waals surface area contributed by atoms with Crippen LogP contribution < -0.4 is 5.32 Å². The van der Waals surface area contributed by atoms with Crippen LogP contribution >= 0.6 is 0 Å². The second kappa shape index (κ2) is 7.55. The number of benzene rings is 1. The summed E-state index contributed by atoms with van der Waals surface area (Å²) in [5, 5.41) is 2.76. The number of aromatic nitrogens is 1. The Morgan fingerprint density at radius 1 is 1.14 bits per heavy atom. The number of carbonyl (C=O) groups is 1. The Labute approximate surface area is 129 Å². The molecule has 22 heavy (non-hydrogen) atoms. The highest BCUT2D eigenvalue weighted by Crippen LogP contribution is 2.20. The van der Waals surface area contributed by atoms with Crippen molar-refractivity contribution >= 4 is 29.8 Å². The van der Waals surface area contributed by atoms with Gasteiger partial charge in [0, 0.05) is 25.0 Å². The maximum Gasteiger partial charge on any atom is 0.221 e. The van der Waals surface area contributed by atoms with Gasteiger partial charge in [-0.15, -0.1) is 0 Å². The van der Waals surface area contributed by atoms with Gasteiger partial charge in [-0.05, 0) is 41.0 Å². The highest BCUT2D eigenvalue weighted by atomic mass is 16.1. The van der Waals surface area contributed by atoms with Gasteiger partial charge in [-0.2, -0.15) is 0 Å². The Kier molecular flexibility index (Phi) is 5.22. The second-order valence-electron chi connectivity index (χ2n) is 4.58. The zero-order chi connectivity index (χ0) is 15.8. The van der Waals surface area contributed by atoms with Crippen LogP contribution in [0.3, 0.4) is 0 Å². The minimum Gasteiger partial charge on any atom is -0.326 e. The lowest BCUT2D eigenvalue weighted by Crippen LogP contribution is -2.05. The molecule has 0 aliphatic carbocycles. The predicted molar refractivity (Wildman–Crippen MR) is 89.5 cm³/mol. The van der Waals surface area contributed by atoms with Crippen molar-refractivity contribution in [3.8, 4) is 0 Å². The molecule has 2 rings (SSSR count). The van der Waals surface area contributed by atoms with Gasteiger partial charge in [0.05, 0.1) is 6.57 Å². The molecule has 1 heterocycles. The van der Waals surface area contributed by atoms with E-state index in [9.17, 15) is 4.79 Å². The van der Waals surface area contributed by atoms with Crippen LogP contribution in [0.15, 0.2) is 48.9 Å². The number of rotatable bonds is 4. The van der Waals surface area contributed by atoms with Crippen LogP contribution in [-0.2, 0) is 4.79 Å². The lowest BCUT2D eigenvalue weighted by molar-refractivity contribution is -0.114. The van der Waals surface area contributed by atoms with Crippen LogP contribution in [0, 0.1) is 6.57 Å². The number of nitrogens with one attached hydrogen (secondary N) is 1. The van der Waals surface area contributed by atoms with Crippen LogP contribution in [0.1, 0.15) is 23.6 Å². The van der Waals surface area contributed by atoms with Gasteiger partial charge in [0.15, 0.2) is 6.20 Å². The average molecular weight is 289 g/mol. The molecule has 0 unspecified atom stereocenters. The van der Waals surface area contributed by atoms with Crippen molar-refractivity contribution in [2.45, 2.75) is 6.92 Å². The molecule has 0 spiro atoms. The zero-order valence-corrected chi connectivity index (χ0v) is 12.2. The van der Waals surface area contributed by atoms with Gasteiger partial charge in [0.1, 0.15) is 0 Å². The SMILES string of the molecule is [C-]#[N+]/C=C/c1ccc(NC(C)=O)cc1/C=C/c1ccncc1. The van der Waals surface area contributed by atoms with E-state index in [4.69, 9.17) is 6.57 Å². The van der Waals surface area contributed by atoms with Crippen LogP contribution in [0.2, 0.25) is 0 Å². The van der Waals surface area contributed by atoms with E-state index in [1.807, 2.05) is 42.5 Å². The highest BCUT2D eigenvalue weighted by Gasteiger charge is 2.01. The van der Waals surface area contributed by atoms with E-state index in [0.717, 1.165) is 22.4 Å². The summed E-state index contributed by atoms with van der Waals surface area (Å²) in [6.45, 7) is 8.32. The quantitative estimate of drug-likeness (QED) is 0.861. The van der Waals surface area contributed by atoms with Crippen molar-refractivity contribution in [2.75, 3.05) is 5.32 Å². The summed E-state index contributed by atoms with van der Waals surface area (Å²) < 4.78 is 0. The summed E-state index contributed by atoms with van der Waals surface area (Å²) in [5.41, 5.74) is 3.58. The molecule has 0 fully saturated rings. The van der Waals surface area contributed by atoms with Crippen molar-refractivity contribution < 1.29 is 4.79 Å². The van der Waals surface area contributed by atoms with Crippen molar-refractivity contribution in [3.63, 3.8) is 0 Å². The number of carbonyl (C=O) groups excluding carboxylic acids is 1. The molecule has 0 aliphatic rings. The number of anilines is 1. The fraction of sp³-hybridized carbons (Fsp3) is 0.0556. The van der Waals surface area contributed by atoms with Crippen LogP contribution in [-0.4, -0.2) is 10.9 Å². The molecule has 0 aliphatic heterocycles. The number of hydrogen-bond donors (Lipinski definition) is 1. The van der Waals surface area contributed by atoms with Gasteiger partial charge in [-0.25, -0.2) is 4.85 Å². The van der Waals surface area contributed by atoms with Gasteiger partial charge >= 0.3 is 0 Å². The Morgan fingerprint density at radius 3 is 2.59 bits per heavy atom. The molecular weight excluding hydrogens is 274 g/mol. The second-order valence-corrected chi connectivity index (χ2v) is 4.58. The van der Waals surface area contributed by atoms with Crippen molar-refractivity contribution in [3.05, 3.63) is 77.0 Å². The fourth-order valence-electron chi connectivity index (χ4n) is 1.93. The number of hydrogen-bond acceptors (Lipinski definition) is 2. The van der Waals surface area contributed by atoms with Gasteiger partial charge in [-0.3, -0.25) is 9.78 Å². The van der Waals surface area contributed by atoms with Crippen LogP contribution in [0.5, 0.6) is 0 Å². The Balaban J connectivity index is 2.36.